The topological polar surface area (TPSA) is 22.1 Å². The second-order valence-corrected chi connectivity index (χ2v) is 3.33. The number of fused-ring (bicyclic) bond motifs is 1. The van der Waals surface area contributed by atoms with Crippen LogP contribution in [0.2, 0.25) is 5.15 Å². The SMILES string of the molecule is CC1OCCc2ccc(Cl)nc21. The van der Waals surface area contributed by atoms with Crippen LogP contribution >= 0.6 is 11.6 Å². The maximum absolute atomic E-state index is 5.78. The smallest absolute Gasteiger partial charge is 0.129 e. The lowest BCUT2D eigenvalue weighted by Crippen LogP contribution is -2.15. The highest BCUT2D eigenvalue weighted by Crippen LogP contribution is 2.25. The standard InChI is InChI=1S/C9H10ClNO/c1-6-9-7(4-5-12-6)2-3-8(10)11-9/h2-3,6H,4-5H2,1H3. The van der Waals surface area contributed by atoms with E-state index in [0.29, 0.717) is 5.15 Å². The first-order chi connectivity index (χ1) is 5.77. The molecule has 1 aliphatic rings. The number of ether oxygens (including phenoxy) is 1. The molecule has 3 heteroatoms. The van der Waals surface area contributed by atoms with E-state index in [1.54, 1.807) is 0 Å². The third kappa shape index (κ3) is 1.32. The molecule has 0 N–H and O–H groups in total. The van der Waals surface area contributed by atoms with Crippen molar-refractivity contribution in [3.63, 3.8) is 0 Å². The highest BCUT2D eigenvalue weighted by Gasteiger charge is 2.17. The summed E-state index contributed by atoms with van der Waals surface area (Å²) in [6, 6.07) is 3.86. The van der Waals surface area contributed by atoms with Crippen molar-refractivity contribution in [1.82, 2.24) is 4.98 Å². The van der Waals surface area contributed by atoms with Crippen molar-refractivity contribution in [3.8, 4) is 0 Å². The molecular formula is C9H10ClNO. The molecule has 2 nitrogen and oxygen atoms in total. The molecule has 0 aliphatic carbocycles. The minimum absolute atomic E-state index is 0.0902. The molecular weight excluding hydrogens is 174 g/mol. The van der Waals surface area contributed by atoms with Gasteiger partial charge in [0.25, 0.3) is 0 Å². The van der Waals surface area contributed by atoms with Crippen molar-refractivity contribution in [1.29, 1.82) is 0 Å². The van der Waals surface area contributed by atoms with Crippen molar-refractivity contribution in [3.05, 3.63) is 28.5 Å². The minimum Gasteiger partial charge on any atom is -0.372 e. The Balaban J connectivity index is 2.47. The van der Waals surface area contributed by atoms with Gasteiger partial charge < -0.3 is 4.74 Å². The van der Waals surface area contributed by atoms with E-state index in [9.17, 15) is 0 Å². The first-order valence-corrected chi connectivity index (χ1v) is 4.42. The number of pyridine rings is 1. The van der Waals surface area contributed by atoms with Crippen molar-refractivity contribution >= 4 is 11.6 Å². The van der Waals surface area contributed by atoms with Gasteiger partial charge in [-0.2, -0.15) is 0 Å². The van der Waals surface area contributed by atoms with E-state index >= 15 is 0 Å². The van der Waals surface area contributed by atoms with E-state index in [4.69, 9.17) is 16.3 Å². The largest absolute Gasteiger partial charge is 0.372 e. The van der Waals surface area contributed by atoms with Crippen LogP contribution in [0.1, 0.15) is 24.3 Å². The Hall–Kier alpha value is -0.600. The first kappa shape index (κ1) is 8.02. The van der Waals surface area contributed by atoms with Crippen molar-refractivity contribution < 1.29 is 4.74 Å². The summed E-state index contributed by atoms with van der Waals surface area (Å²) in [7, 11) is 0. The van der Waals surface area contributed by atoms with E-state index in [2.05, 4.69) is 4.98 Å². The van der Waals surface area contributed by atoms with Crippen LogP contribution in [0.3, 0.4) is 0 Å². The lowest BCUT2D eigenvalue weighted by molar-refractivity contribution is 0.0521. The van der Waals surface area contributed by atoms with E-state index < -0.39 is 0 Å². The Kier molecular flexibility index (Phi) is 2.03. The number of aromatic nitrogens is 1. The molecule has 2 rings (SSSR count). The van der Waals surface area contributed by atoms with E-state index in [1.165, 1.54) is 5.56 Å². The number of halogens is 1. The van der Waals surface area contributed by atoms with Crippen LogP contribution in [0, 0.1) is 0 Å². The Bertz CT molecular complexity index is 301. The van der Waals surface area contributed by atoms with E-state index in [1.807, 2.05) is 19.1 Å². The molecule has 0 fully saturated rings. The summed E-state index contributed by atoms with van der Waals surface area (Å²) in [6.07, 6.45) is 1.04. The van der Waals surface area contributed by atoms with Crippen LogP contribution in [0.25, 0.3) is 0 Å². The second-order valence-electron chi connectivity index (χ2n) is 2.94. The quantitative estimate of drug-likeness (QED) is 0.577. The monoisotopic (exact) mass is 183 g/mol. The molecule has 0 saturated carbocycles. The van der Waals surface area contributed by atoms with Gasteiger partial charge >= 0.3 is 0 Å². The molecule has 12 heavy (non-hydrogen) atoms. The van der Waals surface area contributed by atoms with Crippen LogP contribution in [0.4, 0.5) is 0 Å². The van der Waals surface area contributed by atoms with E-state index in [-0.39, 0.29) is 6.10 Å². The van der Waals surface area contributed by atoms with Gasteiger partial charge in [-0.25, -0.2) is 4.98 Å². The summed E-state index contributed by atoms with van der Waals surface area (Å²) < 4.78 is 5.44. The molecule has 1 aromatic heterocycles. The molecule has 0 amide bonds. The van der Waals surface area contributed by atoms with Crippen molar-refractivity contribution in [2.45, 2.75) is 19.4 Å². The molecule has 2 heterocycles. The Morgan fingerprint density at radius 2 is 2.42 bits per heavy atom. The van der Waals surface area contributed by atoms with Gasteiger partial charge in [0.05, 0.1) is 18.4 Å². The Morgan fingerprint density at radius 3 is 3.25 bits per heavy atom. The van der Waals surface area contributed by atoms with Crippen LogP contribution < -0.4 is 0 Å². The van der Waals surface area contributed by atoms with Gasteiger partial charge in [0.15, 0.2) is 0 Å². The lowest BCUT2D eigenvalue weighted by atomic mass is 10.1. The van der Waals surface area contributed by atoms with Crippen LogP contribution in [0.15, 0.2) is 12.1 Å². The van der Waals surface area contributed by atoms with Gasteiger partial charge in [0, 0.05) is 0 Å². The zero-order valence-corrected chi connectivity index (χ0v) is 7.64. The zero-order valence-electron chi connectivity index (χ0n) is 6.88. The van der Waals surface area contributed by atoms with Gasteiger partial charge in [-0.1, -0.05) is 17.7 Å². The van der Waals surface area contributed by atoms with Crippen LogP contribution in [-0.2, 0) is 11.2 Å². The van der Waals surface area contributed by atoms with Gasteiger partial charge in [-0.15, -0.1) is 0 Å². The highest BCUT2D eigenvalue weighted by atomic mass is 35.5. The fraction of sp³-hybridized carbons (Fsp3) is 0.444. The summed E-state index contributed by atoms with van der Waals surface area (Å²) >= 11 is 5.78. The Morgan fingerprint density at radius 1 is 1.58 bits per heavy atom. The van der Waals surface area contributed by atoms with E-state index in [0.717, 1.165) is 18.7 Å². The molecule has 0 bridgehead atoms. The lowest BCUT2D eigenvalue weighted by Gasteiger charge is -2.21. The predicted molar refractivity (Wildman–Crippen MR) is 47.3 cm³/mol. The average Bonchev–Trinajstić information content (AvgIpc) is 2.07. The molecule has 0 aromatic carbocycles. The number of rotatable bonds is 0. The van der Waals surface area contributed by atoms with Gasteiger partial charge in [0.1, 0.15) is 5.15 Å². The fourth-order valence-corrected chi connectivity index (χ4v) is 1.62. The summed E-state index contributed by atoms with van der Waals surface area (Å²) in [4.78, 5) is 4.24. The molecule has 0 saturated heterocycles. The summed E-state index contributed by atoms with van der Waals surface area (Å²) in [5.41, 5.74) is 2.26. The van der Waals surface area contributed by atoms with Gasteiger partial charge in [0.2, 0.25) is 0 Å². The van der Waals surface area contributed by atoms with Crippen molar-refractivity contribution in [2.24, 2.45) is 0 Å². The fourth-order valence-electron chi connectivity index (χ4n) is 1.47. The average molecular weight is 184 g/mol. The van der Waals surface area contributed by atoms with Gasteiger partial charge in [-0.05, 0) is 25.0 Å². The highest BCUT2D eigenvalue weighted by molar-refractivity contribution is 6.29. The number of hydrogen-bond donors (Lipinski definition) is 0. The summed E-state index contributed by atoms with van der Waals surface area (Å²) in [6.45, 7) is 2.79. The van der Waals surface area contributed by atoms with Crippen LogP contribution in [0.5, 0.6) is 0 Å². The Labute approximate surface area is 76.5 Å². The third-order valence-electron chi connectivity index (χ3n) is 2.10. The zero-order chi connectivity index (χ0) is 8.55. The maximum Gasteiger partial charge on any atom is 0.129 e. The molecule has 1 aromatic rings. The minimum atomic E-state index is 0.0902. The molecule has 0 radical (unpaired) electrons. The number of nitrogens with zero attached hydrogens (tertiary/aromatic N) is 1. The maximum atomic E-state index is 5.78. The molecule has 64 valence electrons. The summed E-state index contributed by atoms with van der Waals surface area (Å²) in [5.74, 6) is 0. The normalized spacial score (nSPS) is 22.0. The molecule has 0 spiro atoms. The van der Waals surface area contributed by atoms with Crippen molar-refractivity contribution in [2.75, 3.05) is 6.61 Å². The van der Waals surface area contributed by atoms with Crippen LogP contribution in [-0.4, -0.2) is 11.6 Å². The summed E-state index contributed by atoms with van der Waals surface area (Å²) in [5, 5.41) is 0.547. The predicted octanol–water partition coefficient (Wildman–Crippen LogP) is 2.37. The molecule has 1 unspecified atom stereocenters. The molecule has 1 atom stereocenters. The van der Waals surface area contributed by atoms with Gasteiger partial charge in [-0.3, -0.25) is 0 Å². The third-order valence-corrected chi connectivity index (χ3v) is 2.31. The molecule has 1 aliphatic heterocycles. The second kappa shape index (κ2) is 3.04. The number of hydrogen-bond acceptors (Lipinski definition) is 2. The first-order valence-electron chi connectivity index (χ1n) is 4.04.